The average molecular weight is 405 g/mol. The number of halogens is 2. The second-order valence-corrected chi connectivity index (χ2v) is 7.86. The molecule has 0 bridgehead atoms. The quantitative estimate of drug-likeness (QED) is 0.437. The number of hydrogen-bond acceptors (Lipinski definition) is 2. The summed E-state index contributed by atoms with van der Waals surface area (Å²) in [6, 6.07) is 15.6. The smallest absolute Gasteiger partial charge is 0.202 e. The van der Waals surface area contributed by atoms with Crippen molar-refractivity contribution in [3.05, 3.63) is 104 Å². The van der Waals surface area contributed by atoms with Crippen molar-refractivity contribution in [2.24, 2.45) is 7.05 Å². The van der Waals surface area contributed by atoms with Gasteiger partial charge in [-0.05, 0) is 29.3 Å². The standard InChI is InChI=1S/C24H17F2NOS/c1-27-15-18(12-17-10-11-20(25)21(26)13-17)23(28)24-22(27)14-19(29-24)9-5-8-16-6-3-2-4-7-16/h2-4,6-7,10-11,13-15H,8,12H2,1H3. The minimum atomic E-state index is -0.910. The topological polar surface area (TPSA) is 22.0 Å². The summed E-state index contributed by atoms with van der Waals surface area (Å²) in [4.78, 5) is 13.8. The molecule has 0 unspecified atom stereocenters. The Bertz CT molecular complexity index is 1310. The number of nitrogens with zero attached hydrogens (tertiary/aromatic N) is 1. The summed E-state index contributed by atoms with van der Waals surface area (Å²) in [7, 11) is 1.87. The summed E-state index contributed by atoms with van der Waals surface area (Å²) in [6.07, 6.45) is 2.64. The summed E-state index contributed by atoms with van der Waals surface area (Å²) >= 11 is 1.36. The molecule has 0 aliphatic carbocycles. The largest absolute Gasteiger partial charge is 0.349 e. The fourth-order valence-corrected chi connectivity index (χ4v) is 4.25. The molecule has 0 saturated heterocycles. The molecule has 0 saturated carbocycles. The second kappa shape index (κ2) is 8.02. The molecule has 0 spiro atoms. The molecular formula is C24H17F2NOS. The van der Waals surface area contributed by atoms with Crippen molar-refractivity contribution in [3.63, 3.8) is 0 Å². The van der Waals surface area contributed by atoms with E-state index in [0.717, 1.165) is 28.1 Å². The van der Waals surface area contributed by atoms with Gasteiger partial charge in [0.05, 0.1) is 15.1 Å². The van der Waals surface area contributed by atoms with E-state index in [2.05, 4.69) is 11.8 Å². The summed E-state index contributed by atoms with van der Waals surface area (Å²) in [5.41, 5.74) is 2.96. The predicted octanol–water partition coefficient (Wildman–Crippen LogP) is 5.06. The van der Waals surface area contributed by atoms with Gasteiger partial charge in [0.15, 0.2) is 11.6 Å². The molecule has 0 N–H and O–H groups in total. The fraction of sp³-hybridized carbons (Fsp3) is 0.125. The average Bonchev–Trinajstić information content (AvgIpc) is 3.15. The highest BCUT2D eigenvalue weighted by atomic mass is 32.1. The van der Waals surface area contributed by atoms with Gasteiger partial charge >= 0.3 is 0 Å². The lowest BCUT2D eigenvalue weighted by Gasteiger charge is -2.06. The fourth-order valence-electron chi connectivity index (χ4n) is 3.20. The Morgan fingerprint density at radius 1 is 1.00 bits per heavy atom. The van der Waals surface area contributed by atoms with E-state index in [1.807, 2.05) is 48.0 Å². The molecule has 0 radical (unpaired) electrons. The summed E-state index contributed by atoms with van der Waals surface area (Å²) in [5.74, 6) is 4.50. The van der Waals surface area contributed by atoms with Crippen LogP contribution in [0, 0.1) is 23.5 Å². The lowest BCUT2D eigenvalue weighted by molar-refractivity contribution is 0.507. The number of thiophene rings is 1. The Hall–Kier alpha value is -3.23. The molecule has 0 amide bonds. The van der Waals surface area contributed by atoms with Gasteiger partial charge in [0.25, 0.3) is 0 Å². The van der Waals surface area contributed by atoms with Gasteiger partial charge in [-0.1, -0.05) is 48.2 Å². The number of fused-ring (bicyclic) bond motifs is 1. The van der Waals surface area contributed by atoms with Crippen LogP contribution >= 0.6 is 11.3 Å². The molecule has 4 aromatic rings. The molecule has 4 rings (SSSR count). The third kappa shape index (κ3) is 4.13. The molecule has 2 aromatic heterocycles. The SMILES string of the molecule is Cn1cc(Cc2ccc(F)c(F)c2)c(=O)c2sc(C#CCc3ccccc3)cc21. The summed E-state index contributed by atoms with van der Waals surface area (Å²) in [6.45, 7) is 0. The molecule has 2 nitrogen and oxygen atoms in total. The number of pyridine rings is 1. The number of benzene rings is 2. The van der Waals surface area contributed by atoms with Crippen molar-refractivity contribution in [1.29, 1.82) is 0 Å². The lowest BCUT2D eigenvalue weighted by Crippen LogP contribution is -2.12. The zero-order chi connectivity index (χ0) is 20.4. The highest BCUT2D eigenvalue weighted by molar-refractivity contribution is 7.19. The molecule has 0 atom stereocenters. The number of aromatic nitrogens is 1. The molecule has 144 valence electrons. The van der Waals surface area contributed by atoms with Crippen LogP contribution in [0.2, 0.25) is 0 Å². The van der Waals surface area contributed by atoms with Crippen LogP contribution in [0.25, 0.3) is 10.2 Å². The Morgan fingerprint density at radius 3 is 2.55 bits per heavy atom. The van der Waals surface area contributed by atoms with E-state index in [0.29, 0.717) is 22.2 Å². The van der Waals surface area contributed by atoms with Gasteiger partial charge in [-0.25, -0.2) is 8.78 Å². The minimum Gasteiger partial charge on any atom is -0.349 e. The van der Waals surface area contributed by atoms with Gasteiger partial charge in [-0.15, -0.1) is 11.3 Å². The van der Waals surface area contributed by atoms with E-state index in [-0.39, 0.29) is 11.8 Å². The van der Waals surface area contributed by atoms with E-state index < -0.39 is 11.6 Å². The van der Waals surface area contributed by atoms with Crippen molar-refractivity contribution >= 4 is 21.6 Å². The number of hydrogen-bond donors (Lipinski definition) is 0. The number of aryl methyl sites for hydroxylation is 1. The molecule has 0 aliphatic heterocycles. The van der Waals surface area contributed by atoms with Crippen LogP contribution in [-0.4, -0.2) is 4.57 Å². The Labute approximate surface area is 171 Å². The molecule has 5 heteroatoms. The predicted molar refractivity (Wildman–Crippen MR) is 113 cm³/mol. The number of rotatable bonds is 3. The van der Waals surface area contributed by atoms with Crippen LogP contribution in [-0.2, 0) is 19.9 Å². The van der Waals surface area contributed by atoms with Crippen molar-refractivity contribution in [1.82, 2.24) is 4.57 Å². The first-order chi connectivity index (χ1) is 14.0. The molecular weight excluding hydrogens is 388 g/mol. The highest BCUT2D eigenvalue weighted by Gasteiger charge is 2.12. The molecule has 0 fully saturated rings. The summed E-state index contributed by atoms with van der Waals surface area (Å²) < 4.78 is 29.1. The van der Waals surface area contributed by atoms with Crippen LogP contribution in [0.4, 0.5) is 8.78 Å². The lowest BCUT2D eigenvalue weighted by atomic mass is 10.1. The van der Waals surface area contributed by atoms with Crippen LogP contribution in [0.5, 0.6) is 0 Å². The van der Waals surface area contributed by atoms with Gasteiger partial charge in [0.2, 0.25) is 5.43 Å². The molecule has 29 heavy (non-hydrogen) atoms. The van der Waals surface area contributed by atoms with Gasteiger partial charge in [0.1, 0.15) is 0 Å². The molecule has 2 heterocycles. The Kier molecular flexibility index (Phi) is 5.28. The monoisotopic (exact) mass is 405 g/mol. The van der Waals surface area contributed by atoms with Crippen LogP contribution in [0.3, 0.4) is 0 Å². The van der Waals surface area contributed by atoms with Crippen molar-refractivity contribution in [2.75, 3.05) is 0 Å². The van der Waals surface area contributed by atoms with Crippen molar-refractivity contribution in [2.45, 2.75) is 12.8 Å². The van der Waals surface area contributed by atoms with E-state index in [9.17, 15) is 13.6 Å². The summed E-state index contributed by atoms with van der Waals surface area (Å²) in [5, 5.41) is 0. The van der Waals surface area contributed by atoms with Crippen LogP contribution in [0.15, 0.2) is 65.6 Å². The van der Waals surface area contributed by atoms with Gasteiger partial charge in [0, 0.05) is 31.6 Å². The zero-order valence-electron chi connectivity index (χ0n) is 15.7. The van der Waals surface area contributed by atoms with Crippen molar-refractivity contribution < 1.29 is 8.78 Å². The van der Waals surface area contributed by atoms with Crippen LogP contribution < -0.4 is 5.43 Å². The first-order valence-electron chi connectivity index (χ1n) is 9.10. The van der Waals surface area contributed by atoms with E-state index in [1.54, 1.807) is 6.20 Å². The van der Waals surface area contributed by atoms with Gasteiger partial charge in [-0.2, -0.15) is 0 Å². The second-order valence-electron chi connectivity index (χ2n) is 6.81. The van der Waals surface area contributed by atoms with E-state index >= 15 is 0 Å². The maximum Gasteiger partial charge on any atom is 0.202 e. The third-order valence-electron chi connectivity index (χ3n) is 4.67. The highest BCUT2D eigenvalue weighted by Crippen LogP contribution is 2.23. The Balaban J connectivity index is 1.65. The first-order valence-corrected chi connectivity index (χ1v) is 9.91. The first kappa shape index (κ1) is 19.1. The maximum atomic E-state index is 13.5. The normalized spacial score (nSPS) is 10.7. The maximum absolute atomic E-state index is 13.5. The third-order valence-corrected chi connectivity index (χ3v) is 5.70. The van der Waals surface area contributed by atoms with E-state index in [4.69, 9.17) is 0 Å². The van der Waals surface area contributed by atoms with Crippen molar-refractivity contribution in [3.8, 4) is 11.8 Å². The minimum absolute atomic E-state index is 0.0936. The van der Waals surface area contributed by atoms with Gasteiger partial charge < -0.3 is 4.57 Å². The van der Waals surface area contributed by atoms with Crippen LogP contribution in [0.1, 0.15) is 21.6 Å². The molecule has 2 aromatic carbocycles. The zero-order valence-corrected chi connectivity index (χ0v) is 16.5. The van der Waals surface area contributed by atoms with E-state index in [1.165, 1.54) is 17.4 Å². The van der Waals surface area contributed by atoms with Gasteiger partial charge in [-0.3, -0.25) is 4.79 Å². The molecule has 0 aliphatic rings. The Morgan fingerprint density at radius 2 is 1.79 bits per heavy atom.